The molecule has 1 N–H and O–H groups in total. The Morgan fingerprint density at radius 1 is 1.24 bits per heavy atom. The number of nitrogens with one attached hydrogen (secondary N) is 1. The van der Waals surface area contributed by atoms with Gasteiger partial charge in [-0.15, -0.1) is 0 Å². The van der Waals surface area contributed by atoms with Crippen LogP contribution in [0.25, 0.3) is 11.0 Å². The van der Waals surface area contributed by atoms with E-state index in [1.165, 1.54) is 6.26 Å². The summed E-state index contributed by atoms with van der Waals surface area (Å²) in [6.45, 7) is 1.89. The number of hydrogen-bond acceptors (Lipinski definition) is 5. The zero-order valence-electron chi connectivity index (χ0n) is 11.6. The summed E-state index contributed by atoms with van der Waals surface area (Å²) in [7, 11) is -2.96. The number of anilines is 1. The van der Waals surface area contributed by atoms with Gasteiger partial charge in [-0.3, -0.25) is 4.98 Å². The molecule has 0 fully saturated rings. The van der Waals surface area contributed by atoms with E-state index in [4.69, 9.17) is 23.2 Å². The highest BCUT2D eigenvalue weighted by molar-refractivity contribution is 7.90. The van der Waals surface area contributed by atoms with E-state index in [2.05, 4.69) is 15.3 Å². The van der Waals surface area contributed by atoms with E-state index in [0.717, 1.165) is 0 Å². The Labute approximate surface area is 133 Å². The fourth-order valence-corrected chi connectivity index (χ4v) is 2.89. The van der Waals surface area contributed by atoms with Crippen LogP contribution in [0.15, 0.2) is 18.3 Å². The van der Waals surface area contributed by atoms with Crippen LogP contribution < -0.4 is 5.32 Å². The lowest BCUT2D eigenvalue weighted by atomic mass is 10.2. The zero-order chi connectivity index (χ0) is 15.6. The van der Waals surface area contributed by atoms with Crippen LogP contribution in [0, 0.1) is 0 Å². The highest BCUT2D eigenvalue weighted by Crippen LogP contribution is 2.26. The number of aromatic nitrogens is 2. The van der Waals surface area contributed by atoms with Crippen molar-refractivity contribution in [3.05, 3.63) is 28.4 Å². The molecule has 0 aliphatic carbocycles. The molecule has 1 heterocycles. The first kappa shape index (κ1) is 16.3. The first-order valence-corrected chi connectivity index (χ1v) is 9.12. The molecule has 0 saturated carbocycles. The van der Waals surface area contributed by atoms with Crippen molar-refractivity contribution in [2.75, 3.05) is 17.3 Å². The zero-order valence-corrected chi connectivity index (χ0v) is 13.9. The average Bonchev–Trinajstić information content (AvgIpc) is 2.37. The number of benzene rings is 1. The van der Waals surface area contributed by atoms with Gasteiger partial charge in [0.25, 0.3) is 0 Å². The molecular weight excluding hydrogens is 333 g/mol. The van der Waals surface area contributed by atoms with Crippen molar-refractivity contribution in [3.8, 4) is 0 Å². The van der Waals surface area contributed by atoms with Crippen LogP contribution in [0.3, 0.4) is 0 Å². The fourth-order valence-electron chi connectivity index (χ4n) is 1.79. The quantitative estimate of drug-likeness (QED) is 0.899. The van der Waals surface area contributed by atoms with Crippen LogP contribution in [0.5, 0.6) is 0 Å². The third kappa shape index (κ3) is 4.69. The smallest absolute Gasteiger partial charge is 0.147 e. The van der Waals surface area contributed by atoms with Gasteiger partial charge in [0, 0.05) is 12.3 Å². The van der Waals surface area contributed by atoms with Crippen LogP contribution in [-0.4, -0.2) is 36.4 Å². The fraction of sp³-hybridized carbons (Fsp3) is 0.385. The maximum absolute atomic E-state index is 11.1. The minimum absolute atomic E-state index is 0.0331. The molecule has 0 aliphatic rings. The maximum atomic E-state index is 11.1. The Kier molecular flexibility index (Phi) is 4.91. The van der Waals surface area contributed by atoms with E-state index in [-0.39, 0.29) is 11.8 Å². The van der Waals surface area contributed by atoms with Gasteiger partial charge in [-0.2, -0.15) is 0 Å². The molecule has 5 nitrogen and oxygen atoms in total. The predicted octanol–water partition coefficient (Wildman–Crippen LogP) is 3.17. The molecule has 21 heavy (non-hydrogen) atoms. The Hall–Kier alpha value is -1.11. The van der Waals surface area contributed by atoms with Crippen molar-refractivity contribution in [2.45, 2.75) is 19.4 Å². The molecule has 2 rings (SSSR count). The third-order valence-electron chi connectivity index (χ3n) is 2.90. The monoisotopic (exact) mass is 347 g/mol. The largest absolute Gasteiger partial charge is 0.366 e. The molecule has 1 atom stereocenters. The van der Waals surface area contributed by atoms with Crippen molar-refractivity contribution in [1.82, 2.24) is 9.97 Å². The Balaban J connectivity index is 2.14. The molecule has 0 unspecified atom stereocenters. The van der Waals surface area contributed by atoms with Crippen molar-refractivity contribution >= 4 is 49.9 Å². The Morgan fingerprint density at radius 2 is 1.86 bits per heavy atom. The number of nitrogens with zero attached hydrogens (tertiary/aromatic N) is 2. The number of halogens is 2. The number of fused-ring (bicyclic) bond motifs is 1. The Bertz CT molecular complexity index is 765. The SMILES string of the molecule is C[C@@H](CCS(C)(=O)=O)Nc1cnc2cc(Cl)c(Cl)cc2n1. The van der Waals surface area contributed by atoms with Gasteiger partial charge in [0.1, 0.15) is 15.7 Å². The molecule has 0 saturated heterocycles. The molecule has 0 amide bonds. The average molecular weight is 348 g/mol. The molecule has 1 aromatic heterocycles. The normalized spacial score (nSPS) is 13.3. The molecule has 8 heteroatoms. The molecule has 2 aromatic rings. The predicted molar refractivity (Wildman–Crippen MR) is 87.0 cm³/mol. The van der Waals surface area contributed by atoms with Gasteiger partial charge in [-0.1, -0.05) is 23.2 Å². The van der Waals surface area contributed by atoms with E-state index in [1.807, 2.05) is 6.92 Å². The first-order valence-electron chi connectivity index (χ1n) is 6.30. The summed E-state index contributed by atoms with van der Waals surface area (Å²) < 4.78 is 22.3. The molecule has 0 bridgehead atoms. The summed E-state index contributed by atoms with van der Waals surface area (Å²) in [5, 5.41) is 3.98. The molecule has 0 aliphatic heterocycles. The van der Waals surface area contributed by atoms with Crippen LogP contribution in [0.4, 0.5) is 5.82 Å². The minimum atomic E-state index is -2.96. The highest BCUT2D eigenvalue weighted by Gasteiger charge is 2.10. The van der Waals surface area contributed by atoms with E-state index in [1.54, 1.807) is 18.3 Å². The highest BCUT2D eigenvalue weighted by atomic mass is 35.5. The van der Waals surface area contributed by atoms with Gasteiger partial charge in [0.15, 0.2) is 0 Å². The van der Waals surface area contributed by atoms with E-state index in [9.17, 15) is 8.42 Å². The second-order valence-corrected chi connectivity index (χ2v) is 8.05. The van der Waals surface area contributed by atoms with Gasteiger partial charge in [0.2, 0.25) is 0 Å². The molecule has 0 radical (unpaired) electrons. The van der Waals surface area contributed by atoms with E-state index in [0.29, 0.717) is 33.3 Å². The standard InChI is InChI=1S/C13H15Cl2N3O2S/c1-8(3-4-21(2,19)20)17-13-7-16-11-5-9(14)10(15)6-12(11)18-13/h5-8H,3-4H2,1-2H3,(H,17,18)/t8-/m0/s1. The van der Waals surface area contributed by atoms with Gasteiger partial charge in [-0.05, 0) is 25.5 Å². The van der Waals surface area contributed by atoms with Crippen molar-refractivity contribution in [2.24, 2.45) is 0 Å². The van der Waals surface area contributed by atoms with Crippen molar-refractivity contribution < 1.29 is 8.42 Å². The number of rotatable bonds is 5. The lowest BCUT2D eigenvalue weighted by Gasteiger charge is -2.14. The van der Waals surface area contributed by atoms with Crippen molar-refractivity contribution in [1.29, 1.82) is 0 Å². The minimum Gasteiger partial charge on any atom is -0.366 e. The van der Waals surface area contributed by atoms with Gasteiger partial charge < -0.3 is 5.32 Å². The Morgan fingerprint density at radius 3 is 2.48 bits per heavy atom. The summed E-state index contributed by atoms with van der Waals surface area (Å²) >= 11 is 11.9. The maximum Gasteiger partial charge on any atom is 0.147 e. The molecule has 114 valence electrons. The lowest BCUT2D eigenvalue weighted by molar-refractivity contribution is 0.595. The van der Waals surface area contributed by atoms with Crippen LogP contribution >= 0.6 is 23.2 Å². The topological polar surface area (TPSA) is 72.0 Å². The molecular formula is C13H15Cl2N3O2S. The summed E-state index contributed by atoms with van der Waals surface area (Å²) in [4.78, 5) is 8.65. The van der Waals surface area contributed by atoms with Crippen LogP contribution in [0.2, 0.25) is 10.0 Å². The van der Waals surface area contributed by atoms with E-state index >= 15 is 0 Å². The molecule has 1 aromatic carbocycles. The van der Waals surface area contributed by atoms with E-state index < -0.39 is 9.84 Å². The van der Waals surface area contributed by atoms with Crippen LogP contribution in [0.1, 0.15) is 13.3 Å². The third-order valence-corrected chi connectivity index (χ3v) is 4.60. The van der Waals surface area contributed by atoms with Crippen molar-refractivity contribution in [3.63, 3.8) is 0 Å². The van der Waals surface area contributed by atoms with Crippen LogP contribution in [-0.2, 0) is 9.84 Å². The number of sulfone groups is 1. The summed E-state index contributed by atoms with van der Waals surface area (Å²) in [5.74, 6) is 0.700. The first-order chi connectivity index (χ1) is 9.74. The van der Waals surface area contributed by atoms with Gasteiger partial charge in [0.05, 0.1) is 33.0 Å². The van der Waals surface area contributed by atoms with Gasteiger partial charge in [-0.25, -0.2) is 13.4 Å². The van der Waals surface area contributed by atoms with Gasteiger partial charge >= 0.3 is 0 Å². The summed E-state index contributed by atoms with van der Waals surface area (Å²) in [5.41, 5.74) is 1.28. The number of hydrogen-bond donors (Lipinski definition) is 1. The second kappa shape index (κ2) is 6.34. The molecule has 0 spiro atoms. The lowest BCUT2D eigenvalue weighted by Crippen LogP contribution is -2.20. The summed E-state index contributed by atoms with van der Waals surface area (Å²) in [6.07, 6.45) is 3.31. The summed E-state index contributed by atoms with van der Waals surface area (Å²) in [6, 6.07) is 3.27. The second-order valence-electron chi connectivity index (χ2n) is 4.97.